The van der Waals surface area contributed by atoms with Crippen LogP contribution in [0.25, 0.3) is 6.08 Å². The minimum absolute atomic E-state index is 0.0202. The molecule has 0 atom stereocenters. The summed E-state index contributed by atoms with van der Waals surface area (Å²) >= 11 is 1.49. The van der Waals surface area contributed by atoms with E-state index in [0.29, 0.717) is 23.6 Å². The van der Waals surface area contributed by atoms with E-state index in [1.807, 2.05) is 65.6 Å². The molecule has 5 rings (SSSR count). The number of nitrogens with one attached hydrogen (secondary N) is 1. The third-order valence-corrected chi connectivity index (χ3v) is 7.62. The molecule has 190 valence electrons. The van der Waals surface area contributed by atoms with E-state index in [-0.39, 0.29) is 11.8 Å². The first-order chi connectivity index (χ1) is 18.5. The van der Waals surface area contributed by atoms with E-state index in [2.05, 4.69) is 61.6 Å². The Morgan fingerprint density at radius 1 is 0.842 bits per heavy atom. The number of rotatable bonds is 7. The number of carbonyl (C=O) groups excluding carboxylic acids is 2. The number of amides is 2. The van der Waals surface area contributed by atoms with Crippen molar-refractivity contribution in [2.24, 2.45) is 0 Å². The molecule has 2 amide bonds. The Balaban J connectivity index is 1.29. The summed E-state index contributed by atoms with van der Waals surface area (Å²) in [7, 11) is 0. The Hall–Kier alpha value is -4.09. The first-order valence-corrected chi connectivity index (χ1v) is 13.6. The summed E-state index contributed by atoms with van der Waals surface area (Å²) < 4.78 is 0. The summed E-state index contributed by atoms with van der Waals surface area (Å²) in [4.78, 5) is 29.8. The van der Waals surface area contributed by atoms with Gasteiger partial charge in [-0.05, 0) is 67.3 Å². The maximum absolute atomic E-state index is 13.6. The first kappa shape index (κ1) is 25.6. The van der Waals surface area contributed by atoms with Crippen molar-refractivity contribution in [1.82, 2.24) is 5.32 Å². The van der Waals surface area contributed by atoms with Gasteiger partial charge in [-0.25, -0.2) is 0 Å². The molecular weight excluding hydrogens is 488 g/mol. The third kappa shape index (κ3) is 6.06. The van der Waals surface area contributed by atoms with Gasteiger partial charge in [0.05, 0.1) is 17.1 Å². The quantitative estimate of drug-likeness (QED) is 0.269. The Bertz CT molecular complexity index is 1490. The molecular formula is C33H30N2O2S. The Morgan fingerprint density at radius 2 is 1.61 bits per heavy atom. The van der Waals surface area contributed by atoms with Crippen LogP contribution >= 0.6 is 11.8 Å². The number of benzene rings is 4. The summed E-state index contributed by atoms with van der Waals surface area (Å²) in [5.41, 5.74) is 7.10. The minimum Gasteiger partial charge on any atom is -0.352 e. The van der Waals surface area contributed by atoms with Crippen molar-refractivity contribution in [3.63, 3.8) is 0 Å². The van der Waals surface area contributed by atoms with E-state index < -0.39 is 0 Å². The lowest BCUT2D eigenvalue weighted by Crippen LogP contribution is -2.33. The molecule has 0 radical (unpaired) electrons. The smallest absolute Gasteiger partial charge is 0.265 e. The number of aryl methyl sites for hydroxylation is 2. The zero-order chi connectivity index (χ0) is 26.5. The second-order valence-corrected chi connectivity index (χ2v) is 10.7. The molecule has 0 saturated carbocycles. The fraction of sp³-hybridized carbons (Fsp3) is 0.152. The highest BCUT2D eigenvalue weighted by atomic mass is 32.2. The van der Waals surface area contributed by atoms with Crippen LogP contribution in [0.3, 0.4) is 0 Å². The van der Waals surface area contributed by atoms with Crippen LogP contribution in [0, 0.1) is 13.8 Å². The van der Waals surface area contributed by atoms with Gasteiger partial charge >= 0.3 is 0 Å². The molecule has 4 nitrogen and oxygen atoms in total. The standard InChI is InChI=1S/C33H30N2O2S/c1-23-10-12-25(13-11-23)18-19-34-32(36)28-16-14-26(15-17-28)21-31-33(37)35(22-27-7-5-6-24(2)20-27)29-8-3-4-9-30(29)38-31/h3-17,20-21H,18-19,22H2,1-2H3,(H,34,36)/b31-21+. The van der Waals surface area contributed by atoms with Crippen LogP contribution in [0.1, 0.15) is 38.2 Å². The molecule has 0 fully saturated rings. The van der Waals surface area contributed by atoms with Gasteiger partial charge in [0, 0.05) is 17.0 Å². The molecule has 0 unspecified atom stereocenters. The van der Waals surface area contributed by atoms with Gasteiger partial charge in [0.15, 0.2) is 0 Å². The average Bonchev–Trinajstić information content (AvgIpc) is 2.92. The van der Waals surface area contributed by atoms with Crippen LogP contribution in [0.4, 0.5) is 5.69 Å². The molecule has 1 N–H and O–H groups in total. The normalized spacial score (nSPS) is 13.9. The second-order valence-electron chi connectivity index (χ2n) is 9.57. The Morgan fingerprint density at radius 3 is 2.37 bits per heavy atom. The first-order valence-electron chi connectivity index (χ1n) is 12.8. The number of hydrogen-bond donors (Lipinski definition) is 1. The molecule has 1 aliphatic heterocycles. The molecule has 0 spiro atoms. The predicted octanol–water partition coefficient (Wildman–Crippen LogP) is 6.96. The van der Waals surface area contributed by atoms with Gasteiger partial charge in [0.2, 0.25) is 0 Å². The van der Waals surface area contributed by atoms with Crippen molar-refractivity contribution in [2.75, 3.05) is 11.4 Å². The van der Waals surface area contributed by atoms with E-state index in [1.165, 1.54) is 28.5 Å². The van der Waals surface area contributed by atoms with Gasteiger partial charge in [-0.1, -0.05) is 95.7 Å². The van der Waals surface area contributed by atoms with Crippen LogP contribution in [0.2, 0.25) is 0 Å². The van der Waals surface area contributed by atoms with Gasteiger partial charge in [0.25, 0.3) is 11.8 Å². The van der Waals surface area contributed by atoms with Crippen molar-refractivity contribution in [2.45, 2.75) is 31.7 Å². The number of para-hydroxylation sites is 1. The number of nitrogens with zero attached hydrogens (tertiary/aromatic N) is 1. The lowest BCUT2D eigenvalue weighted by Gasteiger charge is -2.30. The number of fused-ring (bicyclic) bond motifs is 1. The maximum Gasteiger partial charge on any atom is 0.265 e. The maximum atomic E-state index is 13.6. The van der Waals surface area contributed by atoms with Crippen molar-refractivity contribution in [3.05, 3.63) is 135 Å². The monoisotopic (exact) mass is 518 g/mol. The van der Waals surface area contributed by atoms with E-state index in [0.717, 1.165) is 28.1 Å². The highest BCUT2D eigenvalue weighted by Gasteiger charge is 2.29. The average molecular weight is 519 g/mol. The molecule has 4 aromatic rings. The summed E-state index contributed by atoms with van der Waals surface area (Å²) in [5.74, 6) is -0.120. The summed E-state index contributed by atoms with van der Waals surface area (Å²) in [6.07, 6.45) is 2.70. The predicted molar refractivity (Wildman–Crippen MR) is 156 cm³/mol. The van der Waals surface area contributed by atoms with Crippen molar-refractivity contribution in [3.8, 4) is 0 Å². The SMILES string of the molecule is Cc1ccc(CCNC(=O)c2ccc(/C=C3/Sc4ccccc4N(Cc4cccc(C)c4)C3=O)cc2)cc1. The molecule has 0 aromatic heterocycles. The van der Waals surface area contributed by atoms with E-state index >= 15 is 0 Å². The van der Waals surface area contributed by atoms with Gasteiger partial charge in [-0.3, -0.25) is 9.59 Å². The summed E-state index contributed by atoms with van der Waals surface area (Å²) in [6, 6.07) is 32.0. The fourth-order valence-electron chi connectivity index (χ4n) is 4.47. The molecule has 0 bridgehead atoms. The van der Waals surface area contributed by atoms with Crippen LogP contribution < -0.4 is 10.2 Å². The number of thioether (sulfide) groups is 1. The third-order valence-electron chi connectivity index (χ3n) is 6.55. The van der Waals surface area contributed by atoms with E-state index in [4.69, 9.17) is 0 Å². The number of hydrogen-bond acceptors (Lipinski definition) is 3. The Kier molecular flexibility index (Phi) is 7.75. The molecule has 0 saturated heterocycles. The van der Waals surface area contributed by atoms with Gasteiger partial charge < -0.3 is 10.2 Å². The number of anilines is 1. The van der Waals surface area contributed by atoms with E-state index in [1.54, 1.807) is 0 Å². The van der Waals surface area contributed by atoms with Crippen molar-refractivity contribution >= 4 is 35.3 Å². The lowest BCUT2D eigenvalue weighted by molar-refractivity contribution is -0.114. The van der Waals surface area contributed by atoms with Crippen LogP contribution in [-0.2, 0) is 17.8 Å². The summed E-state index contributed by atoms with van der Waals surface area (Å²) in [6.45, 7) is 5.21. The second kappa shape index (κ2) is 11.5. The fourth-order valence-corrected chi connectivity index (χ4v) is 5.53. The molecule has 0 aliphatic carbocycles. The minimum atomic E-state index is -0.0994. The largest absolute Gasteiger partial charge is 0.352 e. The van der Waals surface area contributed by atoms with Gasteiger partial charge in [-0.15, -0.1) is 0 Å². The topological polar surface area (TPSA) is 49.4 Å². The zero-order valence-corrected chi connectivity index (χ0v) is 22.4. The van der Waals surface area contributed by atoms with Crippen LogP contribution in [0.5, 0.6) is 0 Å². The Labute approximate surface area is 228 Å². The van der Waals surface area contributed by atoms with Gasteiger partial charge in [-0.2, -0.15) is 0 Å². The number of carbonyl (C=O) groups is 2. The molecule has 5 heteroatoms. The molecule has 38 heavy (non-hydrogen) atoms. The molecule has 4 aromatic carbocycles. The van der Waals surface area contributed by atoms with Crippen molar-refractivity contribution in [1.29, 1.82) is 0 Å². The summed E-state index contributed by atoms with van der Waals surface area (Å²) in [5, 5.41) is 2.99. The molecule has 1 aliphatic rings. The van der Waals surface area contributed by atoms with Crippen molar-refractivity contribution < 1.29 is 9.59 Å². The highest BCUT2D eigenvalue weighted by Crippen LogP contribution is 2.42. The highest BCUT2D eigenvalue weighted by molar-refractivity contribution is 8.04. The van der Waals surface area contributed by atoms with Gasteiger partial charge in [0.1, 0.15) is 0 Å². The van der Waals surface area contributed by atoms with E-state index in [9.17, 15) is 9.59 Å². The van der Waals surface area contributed by atoms with Crippen LogP contribution in [-0.4, -0.2) is 18.4 Å². The zero-order valence-electron chi connectivity index (χ0n) is 21.6. The van der Waals surface area contributed by atoms with Crippen LogP contribution in [0.15, 0.2) is 107 Å². The molecule has 1 heterocycles. The lowest BCUT2D eigenvalue weighted by atomic mass is 10.1.